The minimum Gasteiger partial charge on any atom is -0.360 e. The molecule has 0 bridgehead atoms. The molecule has 84 valence electrons. The van der Waals surface area contributed by atoms with Crippen molar-refractivity contribution >= 4 is 21.6 Å². The summed E-state index contributed by atoms with van der Waals surface area (Å²) in [7, 11) is -3.39. The number of carbonyl (C=O) groups is 1. The average molecular weight is 232 g/mol. The van der Waals surface area contributed by atoms with Crippen LogP contribution in [0.25, 0.3) is 0 Å². The van der Waals surface area contributed by atoms with Crippen LogP contribution in [0.15, 0.2) is 10.6 Å². The van der Waals surface area contributed by atoms with Gasteiger partial charge in [-0.25, -0.2) is 8.42 Å². The van der Waals surface area contributed by atoms with Crippen LogP contribution in [0.1, 0.15) is 12.7 Å². The Balaban J connectivity index is 2.72. The first-order valence-electron chi connectivity index (χ1n) is 4.24. The summed E-state index contributed by atoms with van der Waals surface area (Å²) in [6, 6.07) is 1.51. The van der Waals surface area contributed by atoms with Gasteiger partial charge in [0.15, 0.2) is 15.7 Å². The van der Waals surface area contributed by atoms with Crippen LogP contribution in [0.5, 0.6) is 0 Å². The molecule has 1 heterocycles. The first-order chi connectivity index (χ1) is 6.80. The lowest BCUT2D eigenvalue weighted by Crippen LogP contribution is -2.31. The first-order valence-corrected chi connectivity index (χ1v) is 6.19. The summed E-state index contributed by atoms with van der Waals surface area (Å²) in [5, 5.41) is 4.76. The highest BCUT2D eigenvalue weighted by molar-refractivity contribution is 7.92. The van der Waals surface area contributed by atoms with Crippen molar-refractivity contribution in [2.45, 2.75) is 19.1 Å². The fraction of sp³-hybridized carbons (Fsp3) is 0.500. The van der Waals surface area contributed by atoms with Crippen molar-refractivity contribution in [2.75, 3.05) is 11.6 Å². The second kappa shape index (κ2) is 4.01. The fourth-order valence-electron chi connectivity index (χ4n) is 0.848. The Labute approximate surface area is 87.6 Å². The maximum absolute atomic E-state index is 11.4. The maximum atomic E-state index is 11.4. The molecule has 1 rings (SSSR count). The monoisotopic (exact) mass is 232 g/mol. The number of nitrogens with one attached hydrogen (secondary N) is 1. The third-order valence-electron chi connectivity index (χ3n) is 1.89. The minimum absolute atomic E-state index is 0.216. The summed E-state index contributed by atoms with van der Waals surface area (Å²) in [5.74, 6) is 0.135. The maximum Gasteiger partial charge on any atom is 0.243 e. The lowest BCUT2D eigenvalue weighted by atomic mass is 10.4. The molecule has 6 nitrogen and oxygen atoms in total. The van der Waals surface area contributed by atoms with Crippen LogP contribution in [0.4, 0.5) is 5.82 Å². The van der Waals surface area contributed by atoms with E-state index in [1.807, 2.05) is 0 Å². The summed E-state index contributed by atoms with van der Waals surface area (Å²) in [4.78, 5) is 11.4. The van der Waals surface area contributed by atoms with E-state index in [4.69, 9.17) is 4.52 Å². The third-order valence-corrected chi connectivity index (χ3v) is 3.39. The van der Waals surface area contributed by atoms with Gasteiger partial charge in [0.05, 0.1) is 0 Å². The summed E-state index contributed by atoms with van der Waals surface area (Å²) >= 11 is 0. The second-order valence-corrected chi connectivity index (χ2v) is 5.65. The molecule has 1 N–H and O–H groups in total. The molecular weight excluding hydrogens is 220 g/mol. The van der Waals surface area contributed by atoms with E-state index in [1.54, 1.807) is 6.92 Å². The van der Waals surface area contributed by atoms with Crippen molar-refractivity contribution in [1.29, 1.82) is 0 Å². The highest BCUT2D eigenvalue weighted by atomic mass is 32.2. The Morgan fingerprint density at radius 1 is 1.60 bits per heavy atom. The number of aryl methyl sites for hydroxylation is 1. The molecule has 0 radical (unpaired) electrons. The molecule has 1 atom stereocenters. The number of carbonyl (C=O) groups excluding carboxylic acids is 1. The van der Waals surface area contributed by atoms with E-state index in [1.165, 1.54) is 13.0 Å². The molecule has 0 unspecified atom stereocenters. The number of anilines is 1. The van der Waals surface area contributed by atoms with Gasteiger partial charge in [-0.15, -0.1) is 0 Å². The van der Waals surface area contributed by atoms with Gasteiger partial charge in [0.1, 0.15) is 11.0 Å². The van der Waals surface area contributed by atoms with Crippen molar-refractivity contribution in [3.8, 4) is 0 Å². The highest BCUT2D eigenvalue weighted by Crippen LogP contribution is 2.09. The fourth-order valence-corrected chi connectivity index (χ4v) is 1.30. The Morgan fingerprint density at radius 2 is 2.20 bits per heavy atom. The third kappa shape index (κ3) is 3.05. The van der Waals surface area contributed by atoms with Gasteiger partial charge in [0, 0.05) is 12.3 Å². The predicted octanol–water partition coefficient (Wildman–Crippen LogP) is 0.355. The lowest BCUT2D eigenvalue weighted by molar-refractivity contribution is -0.115. The molecule has 0 saturated carbocycles. The molecule has 0 fully saturated rings. The van der Waals surface area contributed by atoms with Crippen LogP contribution in [0.3, 0.4) is 0 Å². The van der Waals surface area contributed by atoms with Crippen LogP contribution >= 0.6 is 0 Å². The van der Waals surface area contributed by atoms with E-state index in [2.05, 4.69) is 10.5 Å². The molecule has 0 aromatic carbocycles. The standard InChI is InChI=1S/C8H12N2O4S/c1-5-4-7(10-14-5)9-8(11)6(2)15(3,12)13/h4,6H,1-3H3,(H,9,10,11)/t6-/m0/s1. The largest absolute Gasteiger partial charge is 0.360 e. The first kappa shape index (κ1) is 11.7. The average Bonchev–Trinajstić information content (AvgIpc) is 2.48. The molecule has 1 amide bonds. The molecule has 1 aromatic heterocycles. The second-order valence-electron chi connectivity index (χ2n) is 3.28. The number of sulfone groups is 1. The van der Waals surface area contributed by atoms with Gasteiger partial charge in [-0.05, 0) is 13.8 Å². The molecule has 7 heteroatoms. The summed E-state index contributed by atoms with van der Waals surface area (Å²) < 4.78 is 26.8. The summed E-state index contributed by atoms with van der Waals surface area (Å²) in [6.45, 7) is 2.99. The predicted molar refractivity (Wildman–Crippen MR) is 54.2 cm³/mol. The Hall–Kier alpha value is -1.37. The Kier molecular flexibility index (Phi) is 3.13. The number of aromatic nitrogens is 1. The zero-order valence-corrected chi connectivity index (χ0v) is 9.46. The quantitative estimate of drug-likeness (QED) is 0.812. The van der Waals surface area contributed by atoms with E-state index < -0.39 is 21.0 Å². The molecule has 0 aliphatic rings. The number of amides is 1. The molecular formula is C8H12N2O4S. The molecule has 0 aliphatic heterocycles. The SMILES string of the molecule is Cc1cc(NC(=O)[C@H](C)S(C)(=O)=O)no1. The van der Waals surface area contributed by atoms with Gasteiger partial charge in [-0.2, -0.15) is 0 Å². The van der Waals surface area contributed by atoms with Crippen LogP contribution in [0.2, 0.25) is 0 Å². The van der Waals surface area contributed by atoms with Crippen LogP contribution in [-0.4, -0.2) is 31.0 Å². The molecule has 1 aromatic rings. The van der Waals surface area contributed by atoms with Crippen LogP contribution in [-0.2, 0) is 14.6 Å². The topological polar surface area (TPSA) is 89.3 Å². The molecule has 0 saturated heterocycles. The summed E-state index contributed by atoms with van der Waals surface area (Å²) in [5.41, 5.74) is 0. The van der Waals surface area contributed by atoms with Crippen molar-refractivity contribution in [1.82, 2.24) is 5.16 Å². The molecule has 15 heavy (non-hydrogen) atoms. The van der Waals surface area contributed by atoms with E-state index in [0.29, 0.717) is 5.76 Å². The van der Waals surface area contributed by atoms with E-state index in [0.717, 1.165) is 6.26 Å². The van der Waals surface area contributed by atoms with E-state index in [-0.39, 0.29) is 5.82 Å². The number of nitrogens with zero attached hydrogens (tertiary/aromatic N) is 1. The minimum atomic E-state index is -3.39. The van der Waals surface area contributed by atoms with Crippen molar-refractivity contribution < 1.29 is 17.7 Å². The van der Waals surface area contributed by atoms with Crippen LogP contribution in [0, 0.1) is 6.92 Å². The van der Waals surface area contributed by atoms with Gasteiger partial charge in [-0.1, -0.05) is 5.16 Å². The molecule has 0 spiro atoms. The zero-order chi connectivity index (χ0) is 11.6. The van der Waals surface area contributed by atoms with E-state index >= 15 is 0 Å². The van der Waals surface area contributed by atoms with Gasteiger partial charge in [-0.3, -0.25) is 4.79 Å². The van der Waals surface area contributed by atoms with Crippen molar-refractivity contribution in [2.24, 2.45) is 0 Å². The van der Waals surface area contributed by atoms with Gasteiger partial charge in [0.25, 0.3) is 0 Å². The van der Waals surface area contributed by atoms with Gasteiger partial charge >= 0.3 is 0 Å². The van der Waals surface area contributed by atoms with Crippen molar-refractivity contribution in [3.05, 3.63) is 11.8 Å². The zero-order valence-electron chi connectivity index (χ0n) is 8.64. The Morgan fingerprint density at radius 3 is 2.60 bits per heavy atom. The van der Waals surface area contributed by atoms with Crippen molar-refractivity contribution in [3.63, 3.8) is 0 Å². The van der Waals surface area contributed by atoms with E-state index in [9.17, 15) is 13.2 Å². The lowest BCUT2D eigenvalue weighted by Gasteiger charge is -2.07. The van der Waals surface area contributed by atoms with Gasteiger partial charge in [0.2, 0.25) is 5.91 Å². The highest BCUT2D eigenvalue weighted by Gasteiger charge is 2.24. The number of hydrogen-bond donors (Lipinski definition) is 1. The number of hydrogen-bond acceptors (Lipinski definition) is 5. The number of rotatable bonds is 3. The van der Waals surface area contributed by atoms with Crippen LogP contribution < -0.4 is 5.32 Å². The Bertz CT molecular complexity index is 463. The van der Waals surface area contributed by atoms with Gasteiger partial charge < -0.3 is 9.84 Å². The smallest absolute Gasteiger partial charge is 0.243 e. The summed E-state index contributed by atoms with van der Waals surface area (Å²) in [6.07, 6.45) is 1.01. The normalized spacial score (nSPS) is 13.5. The molecule has 0 aliphatic carbocycles.